The Labute approximate surface area is 299 Å². The van der Waals surface area contributed by atoms with Gasteiger partial charge in [-0.2, -0.15) is 0 Å². The summed E-state index contributed by atoms with van der Waals surface area (Å²) in [5.74, 6) is 55.2. The number of rotatable bonds is 1. The highest BCUT2D eigenvalue weighted by molar-refractivity contribution is 5.99. The van der Waals surface area contributed by atoms with Gasteiger partial charge in [0.1, 0.15) is 6.67 Å². The van der Waals surface area contributed by atoms with Crippen LogP contribution in [0.4, 0.5) is 0 Å². The molecule has 2 nitrogen and oxygen atoms in total. The first-order valence-corrected chi connectivity index (χ1v) is 15.7. The number of fused-ring (bicyclic) bond motifs is 5. The second-order valence-electron chi connectivity index (χ2n) is 11.3. The predicted molar refractivity (Wildman–Crippen MR) is 205 cm³/mol. The van der Waals surface area contributed by atoms with Crippen LogP contribution in [0.15, 0.2) is 70.6 Å². The molecule has 4 aromatic rings. The van der Waals surface area contributed by atoms with E-state index in [1.54, 1.807) is 0 Å². The summed E-state index contributed by atoms with van der Waals surface area (Å²) < 4.78 is 0. The Kier molecular flexibility index (Phi) is 9.79. The Morgan fingerprint density at radius 2 is 1.04 bits per heavy atom. The first-order chi connectivity index (χ1) is 25.0. The van der Waals surface area contributed by atoms with Crippen LogP contribution in [-0.4, -0.2) is 6.67 Å². The summed E-state index contributed by atoms with van der Waals surface area (Å²) in [5, 5.41) is 4.29. The Morgan fingerprint density at radius 3 is 1.63 bits per heavy atom. The summed E-state index contributed by atoms with van der Waals surface area (Å²) in [6.07, 6.45) is 4.99. The first-order valence-electron chi connectivity index (χ1n) is 15.7. The van der Waals surface area contributed by atoms with Crippen LogP contribution >= 0.6 is 0 Å². The van der Waals surface area contributed by atoms with Crippen LogP contribution in [-0.2, 0) is 5.41 Å². The molecular weight excluding hydrogens is 617 g/mol. The second kappa shape index (κ2) is 15.2. The maximum Gasteiger partial charge on any atom is 0.130 e. The molecule has 0 unspecified atom stereocenters. The number of hydrogen-bond acceptors (Lipinski definition) is 2. The Morgan fingerprint density at radius 1 is 0.549 bits per heavy atom. The minimum absolute atomic E-state index is 0.448. The first kappa shape index (κ1) is 32.8. The van der Waals surface area contributed by atoms with Crippen molar-refractivity contribution in [1.82, 2.24) is 0 Å². The molecule has 0 aromatic heterocycles. The lowest BCUT2D eigenvalue weighted by atomic mass is 9.79. The van der Waals surface area contributed by atoms with Crippen molar-refractivity contribution >= 4 is 10.8 Å². The summed E-state index contributed by atoms with van der Waals surface area (Å²) in [4.78, 5) is 9.57. The van der Waals surface area contributed by atoms with Gasteiger partial charge < -0.3 is 0 Å². The van der Waals surface area contributed by atoms with Gasteiger partial charge in [0.15, 0.2) is 0 Å². The molecule has 1 aliphatic carbocycles. The van der Waals surface area contributed by atoms with Crippen molar-refractivity contribution in [2.24, 2.45) is 9.98 Å². The largest absolute Gasteiger partial charge is 0.259 e. The third-order valence-corrected chi connectivity index (χ3v) is 8.23. The molecule has 1 atom stereocenters. The average Bonchev–Trinajstić information content (AvgIpc) is 3.72. The van der Waals surface area contributed by atoms with Crippen molar-refractivity contribution in [1.29, 1.82) is 0 Å². The minimum Gasteiger partial charge on any atom is -0.259 e. The topological polar surface area (TPSA) is 24.7 Å². The fraction of sp³-hybridized carbons (Fsp3) is 0.102. The van der Waals surface area contributed by atoms with Gasteiger partial charge in [0.2, 0.25) is 0 Å². The van der Waals surface area contributed by atoms with E-state index in [1.165, 1.54) is 27.5 Å². The zero-order valence-electron chi connectivity index (χ0n) is 28.0. The zero-order valence-corrected chi connectivity index (χ0v) is 28.0. The molecular formula is C49H22N2. The monoisotopic (exact) mass is 638 g/mol. The van der Waals surface area contributed by atoms with Crippen LogP contribution in [0.1, 0.15) is 29.2 Å². The number of nitrogens with zero attached hydrogens (tertiary/aromatic N) is 2. The SMILES string of the molecule is C#CC#CC#CC#CC#CC#CC#CC#CC#CC#CC#C[C@@]1(C)c2cc(C)ccc2-c2ccc(-c3c4c(c(C)c5ccccc35)=NCN=4)cc21. The fourth-order valence-electron chi connectivity index (χ4n) is 6.05. The van der Waals surface area contributed by atoms with E-state index in [2.05, 4.69) is 206 Å². The quantitative estimate of drug-likeness (QED) is 0.254. The molecule has 0 spiro atoms. The van der Waals surface area contributed by atoms with Crippen molar-refractivity contribution in [3.8, 4) is 153 Å². The molecule has 4 aromatic carbocycles. The van der Waals surface area contributed by atoms with Crippen molar-refractivity contribution in [2.45, 2.75) is 26.2 Å². The predicted octanol–water partition coefficient (Wildman–Crippen LogP) is 5.29. The average molecular weight is 639 g/mol. The van der Waals surface area contributed by atoms with Crippen LogP contribution in [0.25, 0.3) is 33.0 Å². The lowest BCUT2D eigenvalue weighted by Gasteiger charge is -2.21. The van der Waals surface area contributed by atoms with Crippen molar-refractivity contribution in [3.63, 3.8) is 0 Å². The molecule has 0 bridgehead atoms. The Bertz CT molecular complexity index is 3050. The molecule has 6 rings (SSSR count). The lowest BCUT2D eigenvalue weighted by molar-refractivity contribution is 0.778. The number of benzene rings is 4. The van der Waals surface area contributed by atoms with Crippen LogP contribution in [0, 0.1) is 145 Å². The Balaban J connectivity index is 1.25. The van der Waals surface area contributed by atoms with Crippen LogP contribution in [0.2, 0.25) is 0 Å². The summed E-state index contributed by atoms with van der Waals surface area (Å²) >= 11 is 0. The molecule has 51 heavy (non-hydrogen) atoms. The van der Waals surface area contributed by atoms with E-state index < -0.39 is 5.41 Å². The lowest BCUT2D eigenvalue weighted by Crippen LogP contribution is -2.27. The molecule has 0 saturated carbocycles. The highest BCUT2D eigenvalue weighted by Crippen LogP contribution is 2.50. The summed E-state index contributed by atoms with van der Waals surface area (Å²) in [5.41, 5.74) is 8.61. The van der Waals surface area contributed by atoms with E-state index in [-0.39, 0.29) is 0 Å². The smallest absolute Gasteiger partial charge is 0.130 e. The summed E-state index contributed by atoms with van der Waals surface area (Å²) in [6.45, 7) is 6.85. The van der Waals surface area contributed by atoms with Crippen molar-refractivity contribution in [3.05, 3.63) is 93.6 Å². The molecule has 2 heteroatoms. The maximum absolute atomic E-state index is 4.99. The highest BCUT2D eigenvalue weighted by atomic mass is 15.0. The van der Waals surface area contributed by atoms with E-state index in [0.717, 1.165) is 38.5 Å². The van der Waals surface area contributed by atoms with Crippen molar-refractivity contribution < 1.29 is 0 Å². The van der Waals surface area contributed by atoms with Gasteiger partial charge in [0, 0.05) is 29.2 Å². The molecule has 0 saturated heterocycles. The van der Waals surface area contributed by atoms with Gasteiger partial charge in [-0.15, -0.1) is 6.42 Å². The van der Waals surface area contributed by atoms with Gasteiger partial charge in [-0.05, 0) is 166 Å². The number of hydrogen-bond donors (Lipinski definition) is 0. The van der Waals surface area contributed by atoms with Gasteiger partial charge in [0.05, 0.1) is 16.1 Å². The van der Waals surface area contributed by atoms with E-state index in [4.69, 9.17) is 16.4 Å². The molecule has 0 radical (unpaired) electrons. The van der Waals surface area contributed by atoms with Crippen LogP contribution in [0.3, 0.4) is 0 Å². The van der Waals surface area contributed by atoms with E-state index in [1.807, 2.05) is 0 Å². The fourth-order valence-corrected chi connectivity index (χ4v) is 6.05. The van der Waals surface area contributed by atoms with Gasteiger partial charge >= 0.3 is 0 Å². The van der Waals surface area contributed by atoms with Gasteiger partial charge in [-0.1, -0.05) is 66.1 Å². The van der Waals surface area contributed by atoms with E-state index in [9.17, 15) is 0 Å². The molecule has 1 heterocycles. The molecule has 0 N–H and O–H groups in total. The second-order valence-corrected chi connectivity index (χ2v) is 11.3. The zero-order chi connectivity index (χ0) is 35.5. The number of aryl methyl sites for hydroxylation is 2. The third-order valence-electron chi connectivity index (χ3n) is 8.23. The normalized spacial score (nSPS) is 12.5. The minimum atomic E-state index is -0.584. The maximum atomic E-state index is 4.99. The van der Waals surface area contributed by atoms with E-state index in [0.29, 0.717) is 6.67 Å². The van der Waals surface area contributed by atoms with Gasteiger partial charge in [-0.25, -0.2) is 0 Å². The van der Waals surface area contributed by atoms with Gasteiger partial charge in [0.25, 0.3) is 0 Å². The highest BCUT2D eigenvalue weighted by Gasteiger charge is 2.38. The summed E-state index contributed by atoms with van der Waals surface area (Å²) in [7, 11) is 0. The third kappa shape index (κ3) is 6.96. The molecule has 228 valence electrons. The van der Waals surface area contributed by atoms with E-state index >= 15 is 0 Å². The van der Waals surface area contributed by atoms with Crippen LogP contribution in [0.5, 0.6) is 0 Å². The Hall–Kier alpha value is -8.10. The molecule has 1 aliphatic heterocycles. The molecule has 0 amide bonds. The number of terminal acetylenes is 1. The van der Waals surface area contributed by atoms with Crippen molar-refractivity contribution in [2.75, 3.05) is 6.67 Å². The molecule has 2 aliphatic rings. The van der Waals surface area contributed by atoms with Gasteiger partial charge in [-0.3, -0.25) is 9.98 Å². The summed E-state index contributed by atoms with van der Waals surface area (Å²) in [6, 6.07) is 21.7. The molecule has 0 fully saturated rings. The van der Waals surface area contributed by atoms with Crippen LogP contribution < -0.4 is 10.7 Å². The standard InChI is InChI=1S/C49H22N2/c1-5-6-7-8-9-10-11-12-13-14-15-16-17-18-19-20-21-22-23-26-33-49(4)44-34-37(2)29-31-41(44)42-32-30-39(35-45(42)49)46-43-28-25-24-27-40(43)38(3)47-48(46)51-36-50-47/h1,24-25,27-32,34-35H,36H2,2-4H3/t49-/m0/s1.